The van der Waals surface area contributed by atoms with Crippen LogP contribution in [0.4, 0.5) is 10.5 Å². The van der Waals surface area contributed by atoms with Gasteiger partial charge in [0.2, 0.25) is 0 Å². The van der Waals surface area contributed by atoms with Gasteiger partial charge in [0, 0.05) is 31.4 Å². The van der Waals surface area contributed by atoms with Crippen molar-refractivity contribution in [3.05, 3.63) is 24.5 Å². The normalized spacial score (nSPS) is 15.3. The molecule has 8 nitrogen and oxygen atoms in total. The topological polar surface area (TPSA) is 103 Å². The molecule has 1 aliphatic rings. The number of urea groups is 1. The van der Waals surface area contributed by atoms with Gasteiger partial charge in [0.05, 0.1) is 11.9 Å². The maximum absolute atomic E-state index is 12.1. The predicted molar refractivity (Wildman–Crippen MR) is 98.5 cm³/mol. The quantitative estimate of drug-likeness (QED) is 0.707. The minimum Gasteiger partial charge on any atom is -0.348 e. The number of aromatic nitrogens is 1. The van der Waals surface area contributed by atoms with Crippen LogP contribution in [0, 0.1) is 5.92 Å². The Morgan fingerprint density at radius 1 is 1.19 bits per heavy atom. The van der Waals surface area contributed by atoms with Crippen molar-refractivity contribution in [2.45, 2.75) is 39.2 Å². The van der Waals surface area contributed by atoms with Gasteiger partial charge >= 0.3 is 17.8 Å². The molecular weight excluding hydrogens is 334 g/mol. The summed E-state index contributed by atoms with van der Waals surface area (Å²) in [6.45, 7) is 7.56. The summed E-state index contributed by atoms with van der Waals surface area (Å²) in [6.07, 6.45) is 4.65. The van der Waals surface area contributed by atoms with Gasteiger partial charge in [0.1, 0.15) is 0 Å². The summed E-state index contributed by atoms with van der Waals surface area (Å²) in [5.74, 6) is -1.12. The lowest BCUT2D eigenvalue weighted by atomic mass is 9.97. The zero-order chi connectivity index (χ0) is 19.2. The van der Waals surface area contributed by atoms with E-state index in [4.69, 9.17) is 0 Å². The van der Waals surface area contributed by atoms with Gasteiger partial charge in [-0.25, -0.2) is 4.79 Å². The van der Waals surface area contributed by atoms with Gasteiger partial charge in [-0.1, -0.05) is 0 Å². The fraction of sp³-hybridized carbons (Fsp3) is 0.556. The summed E-state index contributed by atoms with van der Waals surface area (Å²) in [5, 5.41) is 8.11. The van der Waals surface area contributed by atoms with E-state index in [-0.39, 0.29) is 17.5 Å². The molecule has 1 fully saturated rings. The number of likely N-dealkylation sites (tertiary alicyclic amines) is 1. The third kappa shape index (κ3) is 6.34. The first-order chi connectivity index (χ1) is 12.2. The number of carbonyl (C=O) groups is 3. The van der Waals surface area contributed by atoms with Crippen LogP contribution < -0.4 is 16.0 Å². The van der Waals surface area contributed by atoms with E-state index in [1.807, 2.05) is 20.8 Å². The van der Waals surface area contributed by atoms with Crippen LogP contribution in [0.25, 0.3) is 0 Å². The van der Waals surface area contributed by atoms with E-state index in [0.717, 1.165) is 12.8 Å². The Hall–Kier alpha value is -2.64. The second kappa shape index (κ2) is 8.64. The first kappa shape index (κ1) is 19.7. The summed E-state index contributed by atoms with van der Waals surface area (Å²) < 4.78 is 0. The molecule has 3 N–H and O–H groups in total. The Morgan fingerprint density at radius 3 is 2.46 bits per heavy atom. The van der Waals surface area contributed by atoms with E-state index in [2.05, 4.69) is 20.9 Å². The molecule has 0 unspecified atom stereocenters. The average molecular weight is 361 g/mol. The first-order valence-corrected chi connectivity index (χ1v) is 8.81. The molecule has 0 bridgehead atoms. The fourth-order valence-corrected chi connectivity index (χ4v) is 2.68. The number of hydrogen-bond donors (Lipinski definition) is 3. The molecule has 2 rings (SSSR count). The van der Waals surface area contributed by atoms with E-state index in [1.165, 1.54) is 6.20 Å². The summed E-state index contributed by atoms with van der Waals surface area (Å²) in [6, 6.07) is 3.28. The van der Waals surface area contributed by atoms with Gasteiger partial charge < -0.3 is 20.9 Å². The highest BCUT2D eigenvalue weighted by molar-refractivity contribution is 6.39. The van der Waals surface area contributed by atoms with E-state index in [0.29, 0.717) is 25.3 Å². The number of hydrogen-bond acceptors (Lipinski definition) is 4. The summed E-state index contributed by atoms with van der Waals surface area (Å²) in [5.41, 5.74) is 0.217. The lowest BCUT2D eigenvalue weighted by Crippen LogP contribution is -2.51. The monoisotopic (exact) mass is 361 g/mol. The number of amides is 4. The van der Waals surface area contributed by atoms with Crippen molar-refractivity contribution >= 4 is 23.5 Å². The highest BCUT2D eigenvalue weighted by Gasteiger charge is 2.26. The zero-order valence-corrected chi connectivity index (χ0v) is 15.5. The van der Waals surface area contributed by atoms with E-state index in [1.54, 1.807) is 23.2 Å². The summed E-state index contributed by atoms with van der Waals surface area (Å²) in [7, 11) is 0. The third-order valence-corrected chi connectivity index (χ3v) is 4.06. The predicted octanol–water partition coefficient (Wildman–Crippen LogP) is 1.36. The molecule has 2 heterocycles. The molecule has 0 radical (unpaired) electrons. The molecule has 1 aromatic heterocycles. The fourth-order valence-electron chi connectivity index (χ4n) is 2.68. The summed E-state index contributed by atoms with van der Waals surface area (Å²) >= 11 is 0. The van der Waals surface area contributed by atoms with Gasteiger partial charge in [-0.3, -0.25) is 14.6 Å². The smallest absolute Gasteiger partial charge is 0.317 e. The number of piperidine rings is 1. The van der Waals surface area contributed by atoms with Crippen LogP contribution in [-0.2, 0) is 9.59 Å². The molecule has 0 saturated carbocycles. The van der Waals surface area contributed by atoms with Crippen molar-refractivity contribution in [3.8, 4) is 0 Å². The number of carbonyl (C=O) groups excluding carboxylic acids is 3. The molecular formula is C18H27N5O3. The number of anilines is 1. The number of pyridine rings is 1. The molecule has 1 saturated heterocycles. The molecule has 26 heavy (non-hydrogen) atoms. The van der Waals surface area contributed by atoms with E-state index in [9.17, 15) is 14.4 Å². The molecule has 0 aromatic carbocycles. The van der Waals surface area contributed by atoms with Crippen LogP contribution in [0.15, 0.2) is 24.5 Å². The molecule has 0 spiro atoms. The van der Waals surface area contributed by atoms with E-state index < -0.39 is 11.8 Å². The van der Waals surface area contributed by atoms with Crippen LogP contribution in [0.1, 0.15) is 33.6 Å². The number of nitrogens with zero attached hydrogens (tertiary/aromatic N) is 2. The van der Waals surface area contributed by atoms with Crippen molar-refractivity contribution in [2.75, 3.05) is 25.0 Å². The molecule has 8 heteroatoms. The second-order valence-electron chi connectivity index (χ2n) is 7.52. The first-order valence-electron chi connectivity index (χ1n) is 8.81. The molecule has 1 aromatic rings. The number of nitrogens with one attached hydrogen (secondary N) is 3. The SMILES string of the molecule is CC(C)(C)NC(=O)N1CCC(CNC(=O)C(=O)Nc2cccnc2)CC1. The van der Waals surface area contributed by atoms with Gasteiger partial charge in [0.15, 0.2) is 0 Å². The van der Waals surface area contributed by atoms with Crippen LogP contribution in [0.2, 0.25) is 0 Å². The Labute approximate surface area is 153 Å². The molecule has 4 amide bonds. The van der Waals surface area contributed by atoms with Crippen molar-refractivity contribution < 1.29 is 14.4 Å². The zero-order valence-electron chi connectivity index (χ0n) is 15.5. The second-order valence-corrected chi connectivity index (χ2v) is 7.52. The lowest BCUT2D eigenvalue weighted by molar-refractivity contribution is -0.136. The average Bonchev–Trinajstić information content (AvgIpc) is 2.59. The standard InChI is InChI=1S/C18H27N5O3/c1-18(2,3)22-17(26)23-9-6-13(7-10-23)11-20-15(24)16(25)21-14-5-4-8-19-12-14/h4-5,8,12-13H,6-7,9-11H2,1-3H3,(H,20,24)(H,21,25)(H,22,26). The third-order valence-electron chi connectivity index (χ3n) is 4.06. The van der Waals surface area contributed by atoms with Crippen molar-refractivity contribution in [1.29, 1.82) is 0 Å². The van der Waals surface area contributed by atoms with Crippen molar-refractivity contribution in [1.82, 2.24) is 20.5 Å². The van der Waals surface area contributed by atoms with Crippen LogP contribution >= 0.6 is 0 Å². The van der Waals surface area contributed by atoms with Crippen LogP contribution in [0.3, 0.4) is 0 Å². The van der Waals surface area contributed by atoms with E-state index >= 15 is 0 Å². The lowest BCUT2D eigenvalue weighted by Gasteiger charge is -2.34. The minimum atomic E-state index is -0.708. The maximum atomic E-state index is 12.1. The van der Waals surface area contributed by atoms with Gasteiger partial charge in [-0.2, -0.15) is 0 Å². The Bertz CT molecular complexity index is 634. The Balaban J connectivity index is 1.70. The summed E-state index contributed by atoms with van der Waals surface area (Å²) in [4.78, 5) is 41.6. The molecule has 0 aliphatic carbocycles. The highest BCUT2D eigenvalue weighted by atomic mass is 16.2. The van der Waals surface area contributed by atoms with Gasteiger partial charge in [-0.05, 0) is 51.7 Å². The highest BCUT2D eigenvalue weighted by Crippen LogP contribution is 2.17. The Kier molecular flexibility index (Phi) is 6.54. The molecule has 142 valence electrons. The van der Waals surface area contributed by atoms with Crippen LogP contribution in [0.5, 0.6) is 0 Å². The molecule has 0 atom stereocenters. The number of rotatable bonds is 3. The van der Waals surface area contributed by atoms with Gasteiger partial charge in [0.25, 0.3) is 0 Å². The van der Waals surface area contributed by atoms with Crippen molar-refractivity contribution in [2.24, 2.45) is 5.92 Å². The minimum absolute atomic E-state index is 0.0594. The maximum Gasteiger partial charge on any atom is 0.317 e. The van der Waals surface area contributed by atoms with Gasteiger partial charge in [-0.15, -0.1) is 0 Å². The Morgan fingerprint density at radius 2 is 1.88 bits per heavy atom. The molecule has 1 aliphatic heterocycles. The van der Waals surface area contributed by atoms with Crippen LogP contribution in [-0.4, -0.2) is 52.9 Å². The van der Waals surface area contributed by atoms with Crippen molar-refractivity contribution in [3.63, 3.8) is 0 Å². The largest absolute Gasteiger partial charge is 0.348 e.